The highest BCUT2D eigenvalue weighted by Crippen LogP contribution is 2.13. The summed E-state index contributed by atoms with van der Waals surface area (Å²) in [6.07, 6.45) is 0. The van der Waals surface area contributed by atoms with Crippen LogP contribution in [0.25, 0.3) is 0 Å². The molecule has 0 saturated heterocycles. The molecule has 0 aliphatic carbocycles. The second-order valence-corrected chi connectivity index (χ2v) is 4.18. The molecule has 4 heteroatoms. The normalized spacial score (nSPS) is 9.80. The number of carbonyl (C=O) groups excluding carboxylic acids is 1. The van der Waals surface area contributed by atoms with E-state index in [9.17, 15) is 4.79 Å². The summed E-state index contributed by atoms with van der Waals surface area (Å²) in [7, 11) is 1.80. The van der Waals surface area contributed by atoms with Crippen LogP contribution < -0.4 is 5.32 Å². The maximum absolute atomic E-state index is 11.5. The molecule has 1 rings (SSSR count). The van der Waals surface area contributed by atoms with E-state index >= 15 is 0 Å². The van der Waals surface area contributed by atoms with Gasteiger partial charge in [-0.25, -0.2) is 0 Å². The van der Waals surface area contributed by atoms with E-state index in [-0.39, 0.29) is 5.91 Å². The molecule has 3 nitrogen and oxygen atoms in total. The first kappa shape index (κ1) is 12.0. The van der Waals surface area contributed by atoms with Crippen LogP contribution in [0.2, 0.25) is 0 Å². The standard InChI is InChI=1S/C11H15BrN2O/c1-3-14(2)11(15)8-13-10-6-4-9(12)5-7-10/h4-7,13H,3,8H2,1-2H3. The van der Waals surface area contributed by atoms with Gasteiger partial charge in [-0.15, -0.1) is 0 Å². The number of benzene rings is 1. The lowest BCUT2D eigenvalue weighted by Gasteiger charge is -2.15. The number of amides is 1. The number of halogens is 1. The molecule has 0 aromatic heterocycles. The van der Waals surface area contributed by atoms with Gasteiger partial charge in [0.25, 0.3) is 0 Å². The first-order valence-corrected chi connectivity index (χ1v) is 5.66. The highest BCUT2D eigenvalue weighted by atomic mass is 79.9. The monoisotopic (exact) mass is 270 g/mol. The van der Waals surface area contributed by atoms with Gasteiger partial charge >= 0.3 is 0 Å². The second-order valence-electron chi connectivity index (χ2n) is 3.27. The molecule has 0 bridgehead atoms. The van der Waals surface area contributed by atoms with Gasteiger partial charge in [0.1, 0.15) is 0 Å². The molecule has 0 fully saturated rings. The summed E-state index contributed by atoms with van der Waals surface area (Å²) in [4.78, 5) is 13.2. The van der Waals surface area contributed by atoms with Gasteiger partial charge in [-0.05, 0) is 31.2 Å². The van der Waals surface area contributed by atoms with Crippen LogP contribution in [0, 0.1) is 0 Å². The number of nitrogens with zero attached hydrogens (tertiary/aromatic N) is 1. The largest absolute Gasteiger partial charge is 0.376 e. The van der Waals surface area contributed by atoms with Gasteiger partial charge in [-0.3, -0.25) is 4.79 Å². The minimum atomic E-state index is 0.0976. The molecule has 1 aromatic carbocycles. The molecular weight excluding hydrogens is 256 g/mol. The molecule has 0 radical (unpaired) electrons. The van der Waals surface area contributed by atoms with E-state index in [4.69, 9.17) is 0 Å². The summed E-state index contributed by atoms with van der Waals surface area (Å²) in [5.41, 5.74) is 0.955. The van der Waals surface area contributed by atoms with Crippen LogP contribution >= 0.6 is 15.9 Å². The van der Waals surface area contributed by atoms with Crippen molar-refractivity contribution in [2.24, 2.45) is 0 Å². The maximum Gasteiger partial charge on any atom is 0.241 e. The van der Waals surface area contributed by atoms with Gasteiger partial charge in [-0.2, -0.15) is 0 Å². The Hall–Kier alpha value is -1.03. The van der Waals surface area contributed by atoms with Gasteiger partial charge in [-0.1, -0.05) is 15.9 Å². The predicted octanol–water partition coefficient (Wildman–Crippen LogP) is 2.34. The molecule has 1 N–H and O–H groups in total. The molecule has 15 heavy (non-hydrogen) atoms. The van der Waals surface area contributed by atoms with Gasteiger partial charge in [0.15, 0.2) is 0 Å². The van der Waals surface area contributed by atoms with Crippen LogP contribution in [0.4, 0.5) is 5.69 Å². The molecule has 0 atom stereocenters. The zero-order valence-corrected chi connectivity index (χ0v) is 10.5. The lowest BCUT2D eigenvalue weighted by atomic mass is 10.3. The predicted molar refractivity (Wildman–Crippen MR) is 65.9 cm³/mol. The lowest BCUT2D eigenvalue weighted by molar-refractivity contribution is -0.127. The van der Waals surface area contributed by atoms with Crippen molar-refractivity contribution in [3.63, 3.8) is 0 Å². The van der Waals surface area contributed by atoms with E-state index in [1.807, 2.05) is 31.2 Å². The molecule has 0 heterocycles. The first-order chi connectivity index (χ1) is 7.13. The Labute approximate surface area is 98.6 Å². The number of anilines is 1. The van der Waals surface area contributed by atoms with E-state index < -0.39 is 0 Å². The third-order valence-electron chi connectivity index (χ3n) is 2.19. The van der Waals surface area contributed by atoms with Gasteiger partial charge < -0.3 is 10.2 Å². The van der Waals surface area contributed by atoms with Crippen molar-refractivity contribution < 1.29 is 4.79 Å². The van der Waals surface area contributed by atoms with Crippen LogP contribution in [-0.4, -0.2) is 30.9 Å². The Balaban J connectivity index is 2.43. The number of rotatable bonds is 4. The lowest BCUT2D eigenvalue weighted by Crippen LogP contribution is -2.31. The number of likely N-dealkylation sites (N-methyl/N-ethyl adjacent to an activating group) is 1. The molecule has 0 aliphatic heterocycles. The first-order valence-electron chi connectivity index (χ1n) is 4.87. The molecule has 1 amide bonds. The second kappa shape index (κ2) is 5.75. The average Bonchev–Trinajstić information content (AvgIpc) is 2.26. The minimum Gasteiger partial charge on any atom is -0.376 e. The van der Waals surface area contributed by atoms with E-state index in [1.165, 1.54) is 0 Å². The summed E-state index contributed by atoms with van der Waals surface area (Å²) in [6.45, 7) is 3.03. The Morgan fingerprint density at radius 2 is 2.00 bits per heavy atom. The zero-order valence-electron chi connectivity index (χ0n) is 8.96. The molecule has 0 spiro atoms. The van der Waals surface area contributed by atoms with Gasteiger partial charge in [0.05, 0.1) is 6.54 Å². The molecule has 1 aromatic rings. The molecule has 0 aliphatic rings. The highest BCUT2D eigenvalue weighted by Gasteiger charge is 2.05. The van der Waals surface area contributed by atoms with Crippen molar-refractivity contribution in [1.82, 2.24) is 4.90 Å². The van der Waals surface area contributed by atoms with E-state index in [1.54, 1.807) is 11.9 Å². The van der Waals surface area contributed by atoms with Crippen LogP contribution in [0.5, 0.6) is 0 Å². The van der Waals surface area contributed by atoms with Crippen LogP contribution in [-0.2, 0) is 4.79 Å². The van der Waals surface area contributed by atoms with Crippen molar-refractivity contribution in [2.45, 2.75) is 6.92 Å². The fourth-order valence-electron chi connectivity index (χ4n) is 1.06. The van der Waals surface area contributed by atoms with E-state index in [0.717, 1.165) is 16.7 Å². The average molecular weight is 271 g/mol. The van der Waals surface area contributed by atoms with Gasteiger partial charge in [0, 0.05) is 23.8 Å². The Bertz CT molecular complexity index is 324. The summed E-state index contributed by atoms with van der Waals surface area (Å²) in [5.74, 6) is 0.0976. The van der Waals surface area contributed by atoms with Crippen molar-refractivity contribution in [3.8, 4) is 0 Å². The topological polar surface area (TPSA) is 32.3 Å². The Kier molecular flexibility index (Phi) is 4.62. The molecule has 0 unspecified atom stereocenters. The van der Waals surface area contributed by atoms with Crippen LogP contribution in [0.15, 0.2) is 28.7 Å². The number of nitrogens with one attached hydrogen (secondary N) is 1. The summed E-state index contributed by atoms with van der Waals surface area (Å²) in [6, 6.07) is 7.75. The minimum absolute atomic E-state index is 0.0976. The maximum atomic E-state index is 11.5. The number of hydrogen-bond donors (Lipinski definition) is 1. The molecule has 0 saturated carbocycles. The quantitative estimate of drug-likeness (QED) is 0.911. The fraction of sp³-hybridized carbons (Fsp3) is 0.364. The van der Waals surface area contributed by atoms with E-state index in [0.29, 0.717) is 6.54 Å². The highest BCUT2D eigenvalue weighted by molar-refractivity contribution is 9.10. The summed E-state index contributed by atoms with van der Waals surface area (Å²) in [5, 5.41) is 3.07. The smallest absolute Gasteiger partial charge is 0.241 e. The summed E-state index contributed by atoms with van der Waals surface area (Å²) < 4.78 is 1.03. The zero-order chi connectivity index (χ0) is 11.3. The fourth-order valence-corrected chi connectivity index (χ4v) is 1.32. The third-order valence-corrected chi connectivity index (χ3v) is 2.72. The van der Waals surface area contributed by atoms with Crippen molar-refractivity contribution >= 4 is 27.5 Å². The van der Waals surface area contributed by atoms with Crippen molar-refractivity contribution in [3.05, 3.63) is 28.7 Å². The van der Waals surface area contributed by atoms with Crippen molar-refractivity contribution in [1.29, 1.82) is 0 Å². The van der Waals surface area contributed by atoms with Crippen molar-refractivity contribution in [2.75, 3.05) is 25.5 Å². The Morgan fingerprint density at radius 3 is 2.53 bits per heavy atom. The Morgan fingerprint density at radius 1 is 1.40 bits per heavy atom. The number of carbonyl (C=O) groups is 1. The van der Waals surface area contributed by atoms with E-state index in [2.05, 4.69) is 21.2 Å². The molecule has 82 valence electrons. The SMILES string of the molecule is CCN(C)C(=O)CNc1ccc(Br)cc1. The third kappa shape index (κ3) is 3.91. The molecular formula is C11H15BrN2O. The summed E-state index contributed by atoms with van der Waals surface area (Å²) >= 11 is 3.36. The van der Waals surface area contributed by atoms with Crippen LogP contribution in [0.3, 0.4) is 0 Å². The number of hydrogen-bond acceptors (Lipinski definition) is 2. The van der Waals surface area contributed by atoms with Gasteiger partial charge in [0.2, 0.25) is 5.91 Å². The van der Waals surface area contributed by atoms with Crippen LogP contribution in [0.1, 0.15) is 6.92 Å².